The third-order valence-corrected chi connectivity index (χ3v) is 4.75. The van der Waals surface area contributed by atoms with Gasteiger partial charge in [0.15, 0.2) is 0 Å². The van der Waals surface area contributed by atoms with Crippen LogP contribution >= 0.6 is 11.6 Å². The lowest BCUT2D eigenvalue weighted by molar-refractivity contribution is -0.384. The maximum Gasteiger partial charge on any atom is 0.325 e. The number of carbonyl (C=O) groups is 3. The summed E-state index contributed by atoms with van der Waals surface area (Å²) >= 11 is 6.13. The quantitative estimate of drug-likeness (QED) is 0.437. The number of carbonyl (C=O) groups excluding carboxylic acids is 3. The predicted octanol–water partition coefficient (Wildman–Crippen LogP) is 2.79. The van der Waals surface area contributed by atoms with Crippen molar-refractivity contribution in [1.29, 1.82) is 0 Å². The Morgan fingerprint density at radius 1 is 1.31 bits per heavy atom. The molecule has 1 atom stereocenters. The van der Waals surface area contributed by atoms with Crippen LogP contribution in [0.2, 0.25) is 5.02 Å². The van der Waals surface area contributed by atoms with Gasteiger partial charge in [-0.05, 0) is 19.1 Å². The number of nitrogens with zero attached hydrogens (tertiary/aromatic N) is 2. The molecule has 4 amide bonds. The molecule has 1 heterocycles. The summed E-state index contributed by atoms with van der Waals surface area (Å²) in [6.45, 7) is 0.736. The summed E-state index contributed by atoms with van der Waals surface area (Å²) in [7, 11) is 0. The molecule has 1 aliphatic rings. The highest BCUT2D eigenvalue weighted by Crippen LogP contribution is 2.33. The van der Waals surface area contributed by atoms with Gasteiger partial charge in [0.25, 0.3) is 11.6 Å². The highest BCUT2D eigenvalue weighted by Gasteiger charge is 2.50. The van der Waals surface area contributed by atoms with Crippen molar-refractivity contribution in [1.82, 2.24) is 10.2 Å². The fourth-order valence-electron chi connectivity index (χ4n) is 2.95. The zero-order valence-electron chi connectivity index (χ0n) is 14.9. The number of hydrogen-bond donors (Lipinski definition) is 2. The Morgan fingerprint density at radius 2 is 2.00 bits per heavy atom. The number of rotatable bonds is 5. The van der Waals surface area contributed by atoms with E-state index in [4.69, 9.17) is 11.6 Å². The minimum absolute atomic E-state index is 0.258. The molecule has 9 nitrogen and oxygen atoms in total. The molecule has 0 radical (unpaired) electrons. The van der Waals surface area contributed by atoms with Crippen molar-refractivity contribution in [3.8, 4) is 0 Å². The van der Waals surface area contributed by atoms with Crippen LogP contribution in [0.15, 0.2) is 42.5 Å². The number of nitro groups is 1. The fraction of sp³-hybridized carbons (Fsp3) is 0.167. The van der Waals surface area contributed by atoms with Gasteiger partial charge in [-0.15, -0.1) is 0 Å². The van der Waals surface area contributed by atoms with Crippen molar-refractivity contribution in [3.63, 3.8) is 0 Å². The molecular weight excluding hydrogens is 407 g/mol. The lowest BCUT2D eigenvalue weighted by atomic mass is 9.92. The van der Waals surface area contributed by atoms with Crippen molar-refractivity contribution in [3.05, 3.63) is 69.0 Å². The van der Waals surface area contributed by atoms with Crippen molar-refractivity contribution >= 4 is 40.8 Å². The Morgan fingerprint density at radius 3 is 2.66 bits per heavy atom. The maximum atomic E-state index is 13.8. The first-order chi connectivity index (χ1) is 13.6. The molecule has 1 saturated heterocycles. The second-order valence-electron chi connectivity index (χ2n) is 6.40. The number of hydrogen-bond acceptors (Lipinski definition) is 5. The van der Waals surface area contributed by atoms with Crippen LogP contribution in [0.1, 0.15) is 12.5 Å². The van der Waals surface area contributed by atoms with Gasteiger partial charge in [-0.1, -0.05) is 29.8 Å². The van der Waals surface area contributed by atoms with Crippen LogP contribution in [0.25, 0.3) is 0 Å². The highest BCUT2D eigenvalue weighted by atomic mass is 35.5. The molecule has 11 heteroatoms. The standard InChI is InChI=1S/C18H14ClFN4O5/c1-18(11-4-2-3-5-12(11)19)16(26)23(17(27)22-18)9-15(25)21-14-8-10(24(28)29)6-7-13(14)20/h2-8H,9H2,1H3,(H,21,25)(H,22,27)/t18-/m1/s1. The number of anilines is 1. The van der Waals surface area contributed by atoms with E-state index in [1.54, 1.807) is 24.3 Å². The average molecular weight is 421 g/mol. The predicted molar refractivity (Wildman–Crippen MR) is 101 cm³/mol. The SMILES string of the molecule is C[C@]1(c2ccccc2Cl)NC(=O)N(CC(=O)Nc2cc([N+](=O)[O-])ccc2F)C1=O. The summed E-state index contributed by atoms with van der Waals surface area (Å²) in [6, 6.07) is 8.22. The first-order valence-corrected chi connectivity index (χ1v) is 8.64. The Hall–Kier alpha value is -3.53. The summed E-state index contributed by atoms with van der Waals surface area (Å²) in [6.07, 6.45) is 0. The second kappa shape index (κ2) is 7.47. The summed E-state index contributed by atoms with van der Waals surface area (Å²) in [5.41, 5.74) is -1.99. The van der Waals surface area contributed by atoms with Crippen LogP contribution in [0.5, 0.6) is 0 Å². The zero-order chi connectivity index (χ0) is 21.3. The minimum atomic E-state index is -1.48. The summed E-state index contributed by atoms with van der Waals surface area (Å²) in [5.74, 6) is -2.52. The van der Waals surface area contributed by atoms with Gasteiger partial charge < -0.3 is 10.6 Å². The van der Waals surface area contributed by atoms with Crippen molar-refractivity contribution in [2.45, 2.75) is 12.5 Å². The van der Waals surface area contributed by atoms with Gasteiger partial charge in [0.2, 0.25) is 5.91 Å². The number of benzene rings is 2. The summed E-state index contributed by atoms with van der Waals surface area (Å²) < 4.78 is 13.8. The van der Waals surface area contributed by atoms with E-state index in [-0.39, 0.29) is 5.02 Å². The second-order valence-corrected chi connectivity index (χ2v) is 6.80. The van der Waals surface area contributed by atoms with Crippen molar-refractivity contribution in [2.24, 2.45) is 0 Å². The number of nitro benzene ring substituents is 1. The molecule has 2 aromatic rings. The molecule has 2 N–H and O–H groups in total. The smallest absolute Gasteiger partial charge is 0.322 e. The van der Waals surface area contributed by atoms with E-state index in [0.717, 1.165) is 18.2 Å². The van der Waals surface area contributed by atoms with Crippen molar-refractivity contribution in [2.75, 3.05) is 11.9 Å². The minimum Gasteiger partial charge on any atom is -0.322 e. The van der Waals surface area contributed by atoms with Gasteiger partial charge in [-0.25, -0.2) is 9.18 Å². The highest BCUT2D eigenvalue weighted by molar-refractivity contribution is 6.32. The van der Waals surface area contributed by atoms with E-state index in [1.807, 2.05) is 0 Å². The summed E-state index contributed by atoms with van der Waals surface area (Å²) in [5, 5.41) is 15.7. The van der Waals surface area contributed by atoms with E-state index in [0.29, 0.717) is 10.5 Å². The first kappa shape index (κ1) is 20.2. The van der Waals surface area contributed by atoms with Gasteiger partial charge in [-0.2, -0.15) is 0 Å². The molecule has 0 bridgehead atoms. The largest absolute Gasteiger partial charge is 0.325 e. The van der Waals surface area contributed by atoms with Gasteiger partial charge in [0, 0.05) is 22.7 Å². The summed E-state index contributed by atoms with van der Waals surface area (Å²) in [4.78, 5) is 48.1. The molecule has 1 aliphatic heterocycles. The molecule has 150 valence electrons. The molecule has 0 aliphatic carbocycles. The van der Waals surface area contributed by atoms with Crippen LogP contribution in [0, 0.1) is 15.9 Å². The van der Waals surface area contributed by atoms with Gasteiger partial charge >= 0.3 is 6.03 Å². The maximum absolute atomic E-state index is 13.8. The molecular formula is C18H14ClFN4O5. The Bertz CT molecular complexity index is 1050. The third-order valence-electron chi connectivity index (χ3n) is 4.42. The zero-order valence-corrected chi connectivity index (χ0v) is 15.7. The van der Waals surface area contributed by atoms with E-state index < -0.39 is 52.0 Å². The monoisotopic (exact) mass is 420 g/mol. The van der Waals surface area contributed by atoms with E-state index in [1.165, 1.54) is 6.92 Å². The molecule has 1 fully saturated rings. The van der Waals surface area contributed by atoms with Crippen LogP contribution in [0.3, 0.4) is 0 Å². The number of amides is 4. The van der Waals surface area contributed by atoms with Crippen LogP contribution in [0.4, 0.5) is 20.6 Å². The van der Waals surface area contributed by atoms with Gasteiger partial charge in [0.1, 0.15) is 17.9 Å². The third kappa shape index (κ3) is 3.74. The number of urea groups is 1. The Balaban J connectivity index is 1.79. The normalized spacial score (nSPS) is 18.5. The van der Waals surface area contributed by atoms with Crippen LogP contribution < -0.4 is 10.6 Å². The Kier molecular flexibility index (Phi) is 5.21. The molecule has 0 spiro atoms. The molecule has 0 aromatic heterocycles. The van der Waals surface area contributed by atoms with Gasteiger partial charge in [-0.3, -0.25) is 24.6 Å². The van der Waals surface area contributed by atoms with E-state index in [9.17, 15) is 28.9 Å². The van der Waals surface area contributed by atoms with E-state index in [2.05, 4.69) is 10.6 Å². The topological polar surface area (TPSA) is 122 Å². The van der Waals surface area contributed by atoms with Gasteiger partial charge in [0.05, 0.1) is 10.6 Å². The number of halogens is 2. The molecule has 0 saturated carbocycles. The molecule has 3 rings (SSSR count). The molecule has 0 unspecified atom stereocenters. The Labute approximate surface area is 168 Å². The molecule has 2 aromatic carbocycles. The molecule has 29 heavy (non-hydrogen) atoms. The van der Waals surface area contributed by atoms with E-state index >= 15 is 0 Å². The van der Waals surface area contributed by atoms with Crippen LogP contribution in [-0.4, -0.2) is 34.2 Å². The lowest BCUT2D eigenvalue weighted by Gasteiger charge is -2.23. The van der Waals surface area contributed by atoms with Crippen molar-refractivity contribution < 1.29 is 23.7 Å². The number of imide groups is 1. The number of non-ortho nitro benzene ring substituents is 1. The fourth-order valence-corrected chi connectivity index (χ4v) is 3.27. The average Bonchev–Trinajstić information content (AvgIpc) is 2.87. The first-order valence-electron chi connectivity index (χ1n) is 8.26. The van der Waals surface area contributed by atoms with Crippen LogP contribution in [-0.2, 0) is 15.1 Å². The number of nitrogens with one attached hydrogen (secondary N) is 2. The lowest BCUT2D eigenvalue weighted by Crippen LogP contribution is -2.42.